The van der Waals surface area contributed by atoms with E-state index in [1.807, 2.05) is 0 Å². The van der Waals surface area contributed by atoms with Crippen LogP contribution in [-0.2, 0) is 6.42 Å². The summed E-state index contributed by atoms with van der Waals surface area (Å²) in [5.41, 5.74) is 1.52. The maximum Gasteiger partial charge on any atom is 0.287 e. The van der Waals surface area contributed by atoms with Crippen LogP contribution in [0.5, 0.6) is 0 Å². The number of hydrogen-bond donors (Lipinski definition) is 1. The minimum absolute atomic E-state index is 0.0219. The number of Topliss-reactive ketones (excluding diaryl/α,β-unsaturated/α-hetero) is 1. The lowest BCUT2D eigenvalue weighted by molar-refractivity contribution is 0.0905. The Kier molecular flexibility index (Phi) is 4.03. The topological polar surface area (TPSA) is 59.3 Å². The van der Waals surface area contributed by atoms with Crippen LogP contribution >= 0.6 is 0 Å². The lowest BCUT2D eigenvalue weighted by Crippen LogP contribution is -2.27. The first-order valence-electron chi connectivity index (χ1n) is 7.69. The van der Waals surface area contributed by atoms with Crippen molar-refractivity contribution >= 4 is 11.7 Å². The molecule has 1 atom stereocenters. The second-order valence-corrected chi connectivity index (χ2v) is 5.85. The van der Waals surface area contributed by atoms with Crippen molar-refractivity contribution in [3.8, 4) is 0 Å². The van der Waals surface area contributed by atoms with E-state index in [1.54, 1.807) is 32.0 Å². The average molecular weight is 315 g/mol. The molecule has 1 heterocycles. The number of fused-ring (bicyclic) bond motifs is 1. The molecule has 23 heavy (non-hydrogen) atoms. The van der Waals surface area contributed by atoms with E-state index in [-0.39, 0.29) is 17.4 Å². The Balaban J connectivity index is 1.84. The number of aryl methyl sites for hydroxylation is 1. The van der Waals surface area contributed by atoms with Crippen LogP contribution < -0.4 is 5.32 Å². The van der Waals surface area contributed by atoms with Crippen molar-refractivity contribution in [3.05, 3.63) is 58.3 Å². The van der Waals surface area contributed by atoms with Gasteiger partial charge >= 0.3 is 0 Å². The lowest BCUT2D eigenvalue weighted by Gasteiger charge is -2.14. The van der Waals surface area contributed by atoms with Gasteiger partial charge in [0.25, 0.3) is 5.91 Å². The van der Waals surface area contributed by atoms with Gasteiger partial charge in [0.1, 0.15) is 11.6 Å². The predicted octanol–water partition coefficient (Wildman–Crippen LogP) is 3.74. The van der Waals surface area contributed by atoms with E-state index in [1.165, 1.54) is 6.07 Å². The van der Waals surface area contributed by atoms with Crippen LogP contribution in [0.25, 0.3) is 0 Å². The van der Waals surface area contributed by atoms with Crippen molar-refractivity contribution in [2.45, 2.75) is 39.2 Å². The third kappa shape index (κ3) is 2.79. The van der Waals surface area contributed by atoms with Crippen LogP contribution in [-0.4, -0.2) is 11.7 Å². The van der Waals surface area contributed by atoms with E-state index in [0.717, 1.165) is 6.42 Å². The Morgan fingerprint density at radius 1 is 1.30 bits per heavy atom. The number of carbonyl (C=O) groups excluding carboxylic acids is 2. The highest BCUT2D eigenvalue weighted by Crippen LogP contribution is 2.29. The maximum absolute atomic E-state index is 13.8. The monoisotopic (exact) mass is 315 g/mol. The van der Waals surface area contributed by atoms with Crippen LogP contribution in [0, 0.1) is 12.7 Å². The van der Waals surface area contributed by atoms with E-state index in [0.29, 0.717) is 35.3 Å². The Hall–Kier alpha value is -2.43. The molecule has 0 fully saturated rings. The quantitative estimate of drug-likeness (QED) is 0.938. The molecule has 1 N–H and O–H groups in total. The molecular weight excluding hydrogens is 297 g/mol. The lowest BCUT2D eigenvalue weighted by atomic mass is 9.94. The van der Waals surface area contributed by atoms with Crippen LogP contribution in [0.3, 0.4) is 0 Å². The van der Waals surface area contributed by atoms with Gasteiger partial charge in [-0.1, -0.05) is 18.2 Å². The van der Waals surface area contributed by atoms with E-state index in [4.69, 9.17) is 4.42 Å². The molecule has 1 amide bonds. The number of benzene rings is 1. The molecule has 0 bridgehead atoms. The molecule has 0 spiro atoms. The van der Waals surface area contributed by atoms with Crippen molar-refractivity contribution in [3.63, 3.8) is 0 Å². The summed E-state index contributed by atoms with van der Waals surface area (Å²) in [4.78, 5) is 24.4. The molecule has 1 aliphatic rings. The molecule has 0 aliphatic heterocycles. The third-order valence-electron chi connectivity index (χ3n) is 4.23. The van der Waals surface area contributed by atoms with Crippen molar-refractivity contribution in [2.24, 2.45) is 0 Å². The predicted molar refractivity (Wildman–Crippen MR) is 83.0 cm³/mol. The van der Waals surface area contributed by atoms with E-state index in [9.17, 15) is 14.0 Å². The van der Waals surface area contributed by atoms with Gasteiger partial charge in [-0.15, -0.1) is 0 Å². The minimum Gasteiger partial charge on any atom is -0.455 e. The van der Waals surface area contributed by atoms with Gasteiger partial charge in [0.15, 0.2) is 11.5 Å². The Bertz CT molecular complexity index is 779. The zero-order valence-electron chi connectivity index (χ0n) is 13.1. The van der Waals surface area contributed by atoms with Crippen molar-refractivity contribution in [1.29, 1.82) is 0 Å². The van der Waals surface area contributed by atoms with Gasteiger partial charge in [-0.05, 0) is 26.3 Å². The Morgan fingerprint density at radius 2 is 2.04 bits per heavy atom. The number of carbonyl (C=O) groups is 2. The third-order valence-corrected chi connectivity index (χ3v) is 4.23. The van der Waals surface area contributed by atoms with Crippen LogP contribution in [0.2, 0.25) is 0 Å². The summed E-state index contributed by atoms with van der Waals surface area (Å²) < 4.78 is 19.4. The summed E-state index contributed by atoms with van der Waals surface area (Å²) in [5.74, 6) is -0.0454. The number of nitrogens with one attached hydrogen (secondary N) is 1. The maximum atomic E-state index is 13.8. The van der Waals surface area contributed by atoms with Crippen LogP contribution in [0.15, 0.2) is 28.7 Å². The van der Waals surface area contributed by atoms with E-state index >= 15 is 0 Å². The fourth-order valence-corrected chi connectivity index (χ4v) is 3.03. The first-order chi connectivity index (χ1) is 11.0. The molecule has 1 unspecified atom stereocenters. The standard InChI is InChI=1S/C18H18FNO3/c1-10-16-14(21)8-5-9-15(16)23-17(10)18(22)20-11(2)12-6-3-4-7-13(12)19/h3-4,6-7,11H,5,8-9H2,1-2H3,(H,20,22). The fraction of sp³-hybridized carbons (Fsp3) is 0.333. The molecule has 0 saturated heterocycles. The number of ketones is 1. The van der Waals surface area contributed by atoms with Crippen molar-refractivity contribution < 1.29 is 18.4 Å². The first-order valence-corrected chi connectivity index (χ1v) is 7.69. The number of rotatable bonds is 3. The summed E-state index contributed by atoms with van der Waals surface area (Å²) in [6.45, 7) is 3.42. The van der Waals surface area contributed by atoms with E-state index in [2.05, 4.69) is 5.32 Å². The summed E-state index contributed by atoms with van der Waals surface area (Å²) in [7, 11) is 0. The largest absolute Gasteiger partial charge is 0.455 e. The second-order valence-electron chi connectivity index (χ2n) is 5.85. The molecular formula is C18H18FNO3. The summed E-state index contributed by atoms with van der Waals surface area (Å²) in [6.07, 6.45) is 1.89. The molecule has 0 saturated carbocycles. The molecule has 4 nitrogen and oxygen atoms in total. The second kappa shape index (κ2) is 5.99. The molecule has 2 aromatic rings. The molecule has 1 aromatic heterocycles. The van der Waals surface area contributed by atoms with Crippen molar-refractivity contribution in [1.82, 2.24) is 5.32 Å². The summed E-state index contributed by atoms with van der Waals surface area (Å²) in [6, 6.07) is 5.80. The molecule has 120 valence electrons. The normalized spacial score (nSPS) is 15.2. The molecule has 1 aliphatic carbocycles. The van der Waals surface area contributed by atoms with Gasteiger partial charge in [0, 0.05) is 24.0 Å². The zero-order valence-corrected chi connectivity index (χ0v) is 13.1. The van der Waals surface area contributed by atoms with Crippen LogP contribution in [0.1, 0.15) is 63.6 Å². The molecule has 5 heteroatoms. The Morgan fingerprint density at radius 3 is 2.74 bits per heavy atom. The van der Waals surface area contributed by atoms with Gasteiger partial charge in [0.05, 0.1) is 11.6 Å². The minimum atomic E-state index is -0.499. The summed E-state index contributed by atoms with van der Waals surface area (Å²) in [5, 5.41) is 2.73. The van der Waals surface area contributed by atoms with Gasteiger partial charge in [-0.2, -0.15) is 0 Å². The number of halogens is 1. The number of amides is 1. The molecule has 1 aromatic carbocycles. The average Bonchev–Trinajstić information content (AvgIpc) is 2.86. The summed E-state index contributed by atoms with van der Waals surface area (Å²) >= 11 is 0. The number of furan rings is 1. The van der Waals surface area contributed by atoms with Gasteiger partial charge in [-0.3, -0.25) is 9.59 Å². The van der Waals surface area contributed by atoms with Gasteiger partial charge in [-0.25, -0.2) is 4.39 Å². The van der Waals surface area contributed by atoms with Gasteiger partial charge in [0.2, 0.25) is 0 Å². The zero-order chi connectivity index (χ0) is 16.6. The first kappa shape index (κ1) is 15.5. The van der Waals surface area contributed by atoms with Gasteiger partial charge < -0.3 is 9.73 Å². The molecule has 3 rings (SSSR count). The highest BCUT2D eigenvalue weighted by atomic mass is 19.1. The molecule has 0 radical (unpaired) electrons. The smallest absolute Gasteiger partial charge is 0.287 e. The van der Waals surface area contributed by atoms with Crippen molar-refractivity contribution in [2.75, 3.05) is 0 Å². The van der Waals surface area contributed by atoms with E-state index < -0.39 is 11.9 Å². The highest BCUT2D eigenvalue weighted by molar-refractivity contribution is 6.03. The van der Waals surface area contributed by atoms with Crippen LogP contribution in [0.4, 0.5) is 4.39 Å². The Labute approximate surface area is 133 Å². The number of hydrogen-bond acceptors (Lipinski definition) is 3. The fourth-order valence-electron chi connectivity index (χ4n) is 3.03. The highest BCUT2D eigenvalue weighted by Gasteiger charge is 2.29. The SMILES string of the molecule is Cc1c(C(=O)NC(C)c2ccccc2F)oc2c1C(=O)CCC2.